The number of aliphatic hydroxyl groups excluding tert-OH is 1. The monoisotopic (exact) mass is 504 g/mol. The van der Waals surface area contributed by atoms with Crippen LogP contribution >= 0.6 is 11.8 Å². The largest absolute Gasteiger partial charge is 0.468 e. The van der Waals surface area contributed by atoms with Gasteiger partial charge >= 0.3 is 5.97 Å². The van der Waals surface area contributed by atoms with Crippen molar-refractivity contribution in [2.24, 2.45) is 5.92 Å². The topological polar surface area (TPSA) is 87.2 Å². The van der Waals surface area contributed by atoms with E-state index in [2.05, 4.69) is 0 Å². The van der Waals surface area contributed by atoms with E-state index in [0.717, 1.165) is 18.4 Å². The van der Waals surface area contributed by atoms with Crippen LogP contribution in [0.2, 0.25) is 0 Å². The smallest absolute Gasteiger partial charge is 0.323 e. The van der Waals surface area contributed by atoms with Crippen LogP contribution < -0.4 is 0 Å². The van der Waals surface area contributed by atoms with Crippen LogP contribution in [-0.4, -0.2) is 82.5 Å². The number of ether oxygens (including phenoxy) is 1. The molecule has 3 fully saturated rings. The number of hydrogen-bond acceptors (Lipinski definition) is 8. The molecular weight excluding hydrogens is 471 g/mol. The summed E-state index contributed by atoms with van der Waals surface area (Å²) in [6.07, 6.45) is 4.05. The number of aliphatic hydroxyl groups is 1. The van der Waals surface area contributed by atoms with E-state index in [1.54, 1.807) is 18.2 Å². The number of Topliss-reactive ketones (excluding diaryl/α,β-unsaturated/α-hetero) is 1. The standard InChI is InChI=1S/C26H33FN2O5S/c1-16(30)35-23-10-12-29(24(25(32)17-7-8-17)20-5-3-4-6-21(20)27)14-18(23)9-11-28-15-19(31)13-22(28)26(33)34-2/h3-6,9,17,19,22-24,31H,7-8,10-15H2,1-2H3/t19-,22+,23?,24?/m1/s1. The summed E-state index contributed by atoms with van der Waals surface area (Å²) in [4.78, 5) is 41.3. The highest BCUT2D eigenvalue weighted by molar-refractivity contribution is 8.14. The Hall–Kier alpha value is -2.07. The molecule has 0 spiro atoms. The summed E-state index contributed by atoms with van der Waals surface area (Å²) in [5.41, 5.74) is 1.38. The van der Waals surface area contributed by atoms with Crippen molar-refractivity contribution in [2.75, 3.05) is 33.3 Å². The number of carbonyl (C=O) groups excluding carboxylic acids is 3. The number of rotatable bonds is 8. The molecule has 1 aromatic rings. The highest BCUT2D eigenvalue weighted by Gasteiger charge is 2.42. The maximum absolute atomic E-state index is 14.8. The first-order valence-electron chi connectivity index (χ1n) is 12.2. The summed E-state index contributed by atoms with van der Waals surface area (Å²) >= 11 is 1.27. The van der Waals surface area contributed by atoms with Gasteiger partial charge in [-0.05, 0) is 30.9 Å². The molecule has 2 unspecified atom stereocenters. The molecule has 1 aromatic carbocycles. The number of piperidine rings is 1. The Morgan fingerprint density at radius 1 is 1.26 bits per heavy atom. The quantitative estimate of drug-likeness (QED) is 0.427. The Kier molecular flexibility index (Phi) is 8.42. The van der Waals surface area contributed by atoms with Crippen molar-refractivity contribution in [3.05, 3.63) is 47.3 Å². The molecule has 1 N–H and O–H groups in total. The molecule has 35 heavy (non-hydrogen) atoms. The second-order valence-electron chi connectivity index (χ2n) is 9.62. The summed E-state index contributed by atoms with van der Waals surface area (Å²) in [6.45, 7) is 3.32. The van der Waals surface area contributed by atoms with Gasteiger partial charge in [0.2, 0.25) is 0 Å². The van der Waals surface area contributed by atoms with E-state index in [4.69, 9.17) is 4.74 Å². The first-order valence-corrected chi connectivity index (χ1v) is 13.0. The number of hydrogen-bond donors (Lipinski definition) is 1. The number of β-amino-alcohol motifs (C(OH)–C–C–N with tert-alkyl or cyclic N) is 1. The lowest BCUT2D eigenvalue weighted by Crippen LogP contribution is -2.44. The minimum atomic E-state index is -0.660. The number of nitrogens with zero attached hydrogens (tertiary/aromatic N) is 2. The van der Waals surface area contributed by atoms with Crippen molar-refractivity contribution in [3.63, 3.8) is 0 Å². The lowest BCUT2D eigenvalue weighted by atomic mass is 9.93. The predicted molar refractivity (Wildman–Crippen MR) is 131 cm³/mol. The number of halogens is 1. The molecule has 0 bridgehead atoms. The fourth-order valence-corrected chi connectivity index (χ4v) is 6.10. The van der Waals surface area contributed by atoms with Crippen LogP contribution in [-0.2, 0) is 19.1 Å². The van der Waals surface area contributed by atoms with Crippen molar-refractivity contribution >= 4 is 28.6 Å². The average Bonchev–Trinajstić information content (AvgIpc) is 3.61. The van der Waals surface area contributed by atoms with Gasteiger partial charge in [-0.25, -0.2) is 4.39 Å². The van der Waals surface area contributed by atoms with Gasteiger partial charge in [-0.3, -0.25) is 24.2 Å². The fraction of sp³-hybridized carbons (Fsp3) is 0.577. The van der Waals surface area contributed by atoms with Gasteiger partial charge in [0.25, 0.3) is 0 Å². The summed E-state index contributed by atoms with van der Waals surface area (Å²) in [5, 5.41) is 10.1. The van der Waals surface area contributed by atoms with Gasteiger partial charge in [-0.1, -0.05) is 36.0 Å². The number of thioether (sulfide) groups is 1. The minimum Gasteiger partial charge on any atom is -0.468 e. The van der Waals surface area contributed by atoms with Gasteiger partial charge < -0.3 is 9.84 Å². The molecule has 1 saturated carbocycles. The lowest BCUT2D eigenvalue weighted by molar-refractivity contribution is -0.145. The van der Waals surface area contributed by atoms with Crippen molar-refractivity contribution in [1.82, 2.24) is 9.80 Å². The van der Waals surface area contributed by atoms with Crippen molar-refractivity contribution in [2.45, 2.75) is 56.0 Å². The van der Waals surface area contributed by atoms with Crippen LogP contribution in [0.25, 0.3) is 0 Å². The molecule has 4 atom stereocenters. The first kappa shape index (κ1) is 26.0. The Labute approximate surface area is 209 Å². The van der Waals surface area contributed by atoms with Gasteiger partial charge in [0.1, 0.15) is 11.9 Å². The number of esters is 1. The van der Waals surface area contributed by atoms with Crippen LogP contribution in [0.5, 0.6) is 0 Å². The third-order valence-electron chi connectivity index (χ3n) is 7.04. The molecule has 2 heterocycles. The number of benzene rings is 1. The van der Waals surface area contributed by atoms with Gasteiger partial charge in [-0.2, -0.15) is 0 Å². The van der Waals surface area contributed by atoms with Gasteiger partial charge in [0.15, 0.2) is 10.9 Å². The van der Waals surface area contributed by atoms with E-state index in [0.29, 0.717) is 44.6 Å². The third kappa shape index (κ3) is 6.20. The van der Waals surface area contributed by atoms with Gasteiger partial charge in [0.05, 0.1) is 19.3 Å². The summed E-state index contributed by atoms with van der Waals surface area (Å²) in [5.74, 6) is -0.734. The van der Waals surface area contributed by atoms with E-state index in [1.807, 2.05) is 15.9 Å². The predicted octanol–water partition coefficient (Wildman–Crippen LogP) is 2.73. The van der Waals surface area contributed by atoms with Crippen molar-refractivity contribution < 1.29 is 28.6 Å². The number of carbonyl (C=O) groups is 3. The molecule has 9 heteroatoms. The molecule has 4 rings (SSSR count). The Morgan fingerprint density at radius 2 is 2.00 bits per heavy atom. The van der Waals surface area contributed by atoms with E-state index in [1.165, 1.54) is 31.9 Å². The molecule has 7 nitrogen and oxygen atoms in total. The van der Waals surface area contributed by atoms with Crippen LogP contribution in [0.4, 0.5) is 4.39 Å². The molecule has 1 aliphatic carbocycles. The average molecular weight is 505 g/mol. The van der Waals surface area contributed by atoms with Crippen LogP contribution in [0, 0.1) is 11.7 Å². The minimum absolute atomic E-state index is 0.0121. The number of ketones is 1. The second kappa shape index (κ2) is 11.3. The summed E-state index contributed by atoms with van der Waals surface area (Å²) < 4.78 is 19.7. The van der Waals surface area contributed by atoms with Crippen LogP contribution in [0.1, 0.15) is 44.2 Å². The lowest BCUT2D eigenvalue weighted by Gasteiger charge is -2.39. The number of likely N-dealkylation sites (tertiary alicyclic amines) is 2. The van der Waals surface area contributed by atoms with E-state index >= 15 is 0 Å². The fourth-order valence-electron chi connectivity index (χ4n) is 5.15. The van der Waals surface area contributed by atoms with Crippen LogP contribution in [0.15, 0.2) is 35.9 Å². The zero-order valence-electron chi connectivity index (χ0n) is 20.2. The molecule has 0 radical (unpaired) electrons. The number of methoxy groups -OCH3 is 1. The van der Waals surface area contributed by atoms with E-state index in [9.17, 15) is 23.9 Å². The zero-order valence-corrected chi connectivity index (χ0v) is 21.0. The van der Waals surface area contributed by atoms with E-state index < -0.39 is 18.2 Å². The summed E-state index contributed by atoms with van der Waals surface area (Å²) in [7, 11) is 1.34. The molecule has 2 saturated heterocycles. The van der Waals surface area contributed by atoms with E-state index in [-0.39, 0.29) is 33.9 Å². The Morgan fingerprint density at radius 3 is 2.66 bits per heavy atom. The molecule has 2 aliphatic heterocycles. The third-order valence-corrected chi connectivity index (χ3v) is 8.20. The Balaban J connectivity index is 1.59. The van der Waals surface area contributed by atoms with Gasteiger partial charge in [-0.15, -0.1) is 0 Å². The second-order valence-corrected chi connectivity index (χ2v) is 11.0. The van der Waals surface area contributed by atoms with Crippen LogP contribution in [0.3, 0.4) is 0 Å². The zero-order chi connectivity index (χ0) is 25.1. The summed E-state index contributed by atoms with van der Waals surface area (Å²) in [6, 6.07) is 5.28. The molecule has 3 aliphatic rings. The maximum atomic E-state index is 14.8. The van der Waals surface area contributed by atoms with Crippen molar-refractivity contribution in [1.29, 1.82) is 0 Å². The highest BCUT2D eigenvalue weighted by atomic mass is 32.2. The molecule has 0 amide bonds. The molecule has 190 valence electrons. The van der Waals surface area contributed by atoms with Gasteiger partial charge in [0, 0.05) is 56.3 Å². The molecular formula is C26H33FN2O5S. The first-order chi connectivity index (χ1) is 16.8. The SMILES string of the molecule is COC(=O)[C@@H]1C[C@@H](O)CN1CC=C1CN(C(C(=O)C2CC2)c2ccccc2F)CCC1SC(C)=O. The van der Waals surface area contributed by atoms with Crippen molar-refractivity contribution in [3.8, 4) is 0 Å². The molecule has 0 aromatic heterocycles. The Bertz CT molecular complexity index is 998. The maximum Gasteiger partial charge on any atom is 0.323 e. The highest BCUT2D eigenvalue weighted by Crippen LogP contribution is 2.40. The normalized spacial score (nSPS) is 27.7.